The number of alkyl halides is 1. The first-order chi connectivity index (χ1) is 16.8. The van der Waals surface area contributed by atoms with E-state index in [-0.39, 0.29) is 17.9 Å². The van der Waals surface area contributed by atoms with Gasteiger partial charge in [0.15, 0.2) is 6.61 Å². The summed E-state index contributed by atoms with van der Waals surface area (Å²) in [5, 5.41) is 9.48. The lowest BCUT2D eigenvalue weighted by atomic mass is 10.0. The summed E-state index contributed by atoms with van der Waals surface area (Å²) >= 11 is 0. The third-order valence-electron chi connectivity index (χ3n) is 5.90. The number of aryl methyl sites for hydroxylation is 2. The van der Waals surface area contributed by atoms with Crippen LogP contribution in [0, 0.1) is 6.92 Å². The predicted molar refractivity (Wildman–Crippen MR) is 135 cm³/mol. The van der Waals surface area contributed by atoms with Crippen LogP contribution in [-0.2, 0) is 29.0 Å². The van der Waals surface area contributed by atoms with Gasteiger partial charge < -0.3 is 20.1 Å². The number of hydrogen-bond acceptors (Lipinski definition) is 4. The van der Waals surface area contributed by atoms with Crippen LogP contribution in [0.15, 0.2) is 29.9 Å². The maximum atomic E-state index is 13.9. The van der Waals surface area contributed by atoms with Gasteiger partial charge in [0.25, 0.3) is 11.7 Å². The lowest BCUT2D eigenvalue weighted by Crippen LogP contribution is -2.24. The van der Waals surface area contributed by atoms with Crippen molar-refractivity contribution in [2.75, 3.05) is 13.3 Å². The van der Waals surface area contributed by atoms with Crippen molar-refractivity contribution in [3.63, 3.8) is 0 Å². The van der Waals surface area contributed by atoms with Gasteiger partial charge in [0, 0.05) is 12.2 Å². The Balaban J connectivity index is 0.00000210. The van der Waals surface area contributed by atoms with E-state index in [1.54, 1.807) is 13.0 Å². The topological polar surface area (TPSA) is 112 Å². The Morgan fingerprint density at radius 1 is 1.23 bits per heavy atom. The van der Waals surface area contributed by atoms with Gasteiger partial charge in [-0.25, -0.2) is 9.18 Å². The molecule has 0 saturated carbocycles. The molecule has 8 heteroatoms. The molecule has 35 heavy (non-hydrogen) atoms. The molecular formula is C27H35FN2O5. The number of carboxylic acids is 1. The number of carbonyl (C=O) groups is 3. The van der Waals surface area contributed by atoms with Gasteiger partial charge in [-0.3, -0.25) is 9.59 Å². The zero-order valence-electron chi connectivity index (χ0n) is 20.9. The van der Waals surface area contributed by atoms with Crippen molar-refractivity contribution in [1.82, 2.24) is 4.57 Å². The molecule has 1 aromatic heterocycles. The first kappa shape index (κ1) is 27.8. The number of amides is 1. The molecule has 3 N–H and O–H groups in total. The summed E-state index contributed by atoms with van der Waals surface area (Å²) < 4.78 is 21.3. The number of hydrogen-bond donors (Lipinski definition) is 2. The van der Waals surface area contributed by atoms with E-state index in [1.807, 2.05) is 43.6 Å². The number of ether oxygens (including phenoxy) is 1. The Morgan fingerprint density at radius 2 is 1.94 bits per heavy atom. The van der Waals surface area contributed by atoms with Crippen molar-refractivity contribution in [2.45, 2.75) is 66.3 Å². The highest BCUT2D eigenvalue weighted by Crippen LogP contribution is 2.41. The fourth-order valence-corrected chi connectivity index (χ4v) is 4.43. The number of halogens is 1. The van der Waals surface area contributed by atoms with Crippen molar-refractivity contribution in [3.05, 3.63) is 52.3 Å². The maximum Gasteiger partial charge on any atom is 0.341 e. The fourth-order valence-electron chi connectivity index (χ4n) is 4.43. The molecular weight excluding hydrogens is 451 g/mol. The Hall–Kier alpha value is -3.42. The van der Waals surface area contributed by atoms with E-state index in [0.717, 1.165) is 36.8 Å². The molecule has 0 atom stereocenters. The van der Waals surface area contributed by atoms with Gasteiger partial charge in [-0.1, -0.05) is 39.0 Å². The van der Waals surface area contributed by atoms with Crippen LogP contribution in [0.2, 0.25) is 0 Å². The number of carboxylic acid groups (broad SMARTS) is 1. The van der Waals surface area contributed by atoms with E-state index < -0.39 is 30.9 Å². The van der Waals surface area contributed by atoms with E-state index in [0.29, 0.717) is 28.6 Å². The molecule has 1 heterocycles. The quantitative estimate of drug-likeness (QED) is 0.268. The highest BCUT2D eigenvalue weighted by Gasteiger charge is 2.30. The first-order valence-corrected chi connectivity index (χ1v) is 12.0. The van der Waals surface area contributed by atoms with Crippen molar-refractivity contribution < 1.29 is 28.6 Å². The number of carbonyl (C=O) groups excluding carboxylic acids is 2. The van der Waals surface area contributed by atoms with Crippen molar-refractivity contribution in [3.8, 4) is 5.75 Å². The molecule has 3 rings (SSSR count). The van der Waals surface area contributed by atoms with Gasteiger partial charge in [-0.15, -0.1) is 0 Å². The molecule has 0 fully saturated rings. The Bertz CT molecular complexity index is 1160. The molecule has 1 aliphatic carbocycles. The van der Waals surface area contributed by atoms with E-state index >= 15 is 0 Å². The zero-order valence-corrected chi connectivity index (χ0v) is 20.9. The second-order valence-corrected chi connectivity index (χ2v) is 8.12. The molecule has 0 unspecified atom stereocenters. The highest BCUT2D eigenvalue weighted by atomic mass is 19.1. The van der Waals surface area contributed by atoms with Crippen LogP contribution in [0.25, 0.3) is 10.9 Å². The molecule has 1 aliphatic rings. The monoisotopic (exact) mass is 486 g/mol. The standard InChI is InChI=1S/C25H29FN2O5.C2H6/c1-3-4-5-6-8-16(12-26)13-28-15(2)21(24(31)25(27)32)22-19(33-14-20(29)30)11-17-9-7-10-18(17)23(22)28;1-2/h4-5,8,11H,3,6-7,9-10,12-14H2,1-2H3,(H2,27,32)(H,29,30);1-2H3/b5-4-,16-8+;. The van der Waals surface area contributed by atoms with Crippen LogP contribution in [-0.4, -0.2) is 40.6 Å². The summed E-state index contributed by atoms with van der Waals surface area (Å²) in [6.07, 6.45) is 9.70. The predicted octanol–water partition coefficient (Wildman–Crippen LogP) is 4.85. The number of nitrogens with zero attached hydrogens (tertiary/aromatic N) is 1. The third-order valence-corrected chi connectivity index (χ3v) is 5.90. The fraction of sp³-hybridized carbons (Fsp3) is 0.444. The van der Waals surface area contributed by atoms with Gasteiger partial charge in [-0.2, -0.15) is 0 Å². The third kappa shape index (κ3) is 6.18. The van der Waals surface area contributed by atoms with E-state index in [2.05, 4.69) is 0 Å². The second kappa shape index (κ2) is 12.9. The van der Waals surface area contributed by atoms with Crippen LogP contribution >= 0.6 is 0 Å². The van der Waals surface area contributed by atoms with Crippen molar-refractivity contribution in [2.24, 2.45) is 5.73 Å². The van der Waals surface area contributed by atoms with Crippen LogP contribution in [0.1, 0.15) is 67.2 Å². The van der Waals surface area contributed by atoms with Crippen LogP contribution in [0.5, 0.6) is 5.75 Å². The van der Waals surface area contributed by atoms with Crippen molar-refractivity contribution >= 4 is 28.6 Å². The van der Waals surface area contributed by atoms with Crippen LogP contribution in [0.4, 0.5) is 4.39 Å². The molecule has 190 valence electrons. The number of rotatable bonds is 11. The molecule has 1 amide bonds. The minimum Gasteiger partial charge on any atom is -0.481 e. The molecule has 2 aromatic rings. The van der Waals surface area contributed by atoms with Gasteiger partial charge in [0.05, 0.1) is 16.5 Å². The minimum absolute atomic E-state index is 0.0803. The Kier molecular flexibility index (Phi) is 10.2. The molecule has 0 saturated heterocycles. The molecule has 1 aromatic carbocycles. The largest absolute Gasteiger partial charge is 0.481 e. The Labute approximate surface area is 205 Å². The Morgan fingerprint density at radius 3 is 2.54 bits per heavy atom. The van der Waals surface area contributed by atoms with E-state index in [4.69, 9.17) is 15.6 Å². The van der Waals surface area contributed by atoms with E-state index in [9.17, 15) is 18.8 Å². The minimum atomic E-state index is -1.16. The number of primary amides is 1. The lowest BCUT2D eigenvalue weighted by Gasteiger charge is -2.14. The summed E-state index contributed by atoms with van der Waals surface area (Å²) in [5.41, 5.74) is 9.10. The smallest absolute Gasteiger partial charge is 0.341 e. The summed E-state index contributed by atoms with van der Waals surface area (Å²) in [5.74, 6) is -2.94. The number of allylic oxidation sites excluding steroid dienone is 4. The SMILES string of the molecule is CC.CC/C=C\C/C=C(\CF)Cn1c(C)c(C(=O)C(N)=O)c2c(OCC(=O)O)cc3c(c21)CCC3. The number of benzene rings is 1. The summed E-state index contributed by atoms with van der Waals surface area (Å²) in [6.45, 7) is 6.65. The summed E-state index contributed by atoms with van der Waals surface area (Å²) in [7, 11) is 0. The number of aliphatic carboxylic acids is 1. The van der Waals surface area contributed by atoms with Crippen LogP contribution in [0.3, 0.4) is 0 Å². The number of Topliss-reactive ketones (excluding diaryl/α,β-unsaturated/α-hetero) is 1. The average Bonchev–Trinajstić information content (AvgIpc) is 3.42. The summed E-state index contributed by atoms with van der Waals surface area (Å²) in [6, 6.07) is 1.75. The number of nitrogens with two attached hydrogens (primary N) is 1. The first-order valence-electron chi connectivity index (χ1n) is 12.0. The summed E-state index contributed by atoms with van der Waals surface area (Å²) in [4.78, 5) is 35.8. The van der Waals surface area contributed by atoms with Crippen molar-refractivity contribution in [1.29, 1.82) is 0 Å². The van der Waals surface area contributed by atoms with E-state index in [1.165, 1.54) is 0 Å². The average molecular weight is 487 g/mol. The van der Waals surface area contributed by atoms with Gasteiger partial charge in [0.2, 0.25) is 0 Å². The maximum absolute atomic E-state index is 13.9. The molecule has 0 radical (unpaired) electrons. The highest BCUT2D eigenvalue weighted by molar-refractivity contribution is 6.45. The van der Waals surface area contributed by atoms with Gasteiger partial charge in [-0.05, 0) is 61.8 Å². The molecule has 0 bridgehead atoms. The molecule has 0 aliphatic heterocycles. The zero-order chi connectivity index (χ0) is 26.1. The van der Waals surface area contributed by atoms with Gasteiger partial charge in [0.1, 0.15) is 12.4 Å². The second-order valence-electron chi connectivity index (χ2n) is 8.12. The van der Waals surface area contributed by atoms with Crippen LogP contribution < -0.4 is 10.5 Å². The number of ketones is 1. The lowest BCUT2D eigenvalue weighted by molar-refractivity contribution is -0.139. The number of fused-ring (bicyclic) bond motifs is 3. The van der Waals surface area contributed by atoms with Gasteiger partial charge >= 0.3 is 5.97 Å². The number of aromatic nitrogens is 1. The molecule has 7 nitrogen and oxygen atoms in total. The normalized spacial score (nSPS) is 13.0. The molecule has 0 spiro atoms.